The van der Waals surface area contributed by atoms with Gasteiger partial charge in [0.15, 0.2) is 5.75 Å². The van der Waals surface area contributed by atoms with Crippen LogP contribution in [0.5, 0.6) is 11.5 Å². The Hall–Kier alpha value is -6.39. The largest absolute Gasteiger partial charge is 0.490 e. The number of anilines is 2. The van der Waals surface area contributed by atoms with Crippen LogP contribution in [-0.2, 0) is 33.6 Å². The molecule has 1 aliphatic rings. The van der Waals surface area contributed by atoms with Gasteiger partial charge in [-0.15, -0.1) is 0 Å². The topological polar surface area (TPSA) is 128 Å². The van der Waals surface area contributed by atoms with E-state index < -0.39 is 23.9 Å². The van der Waals surface area contributed by atoms with Crippen LogP contribution in [0.2, 0.25) is 0 Å². The summed E-state index contributed by atoms with van der Waals surface area (Å²) < 4.78 is 78.1. The number of nitrogens with zero attached hydrogens (tertiary/aromatic N) is 3. The van der Waals surface area contributed by atoms with Gasteiger partial charge in [0.05, 0.1) is 17.8 Å². The van der Waals surface area contributed by atoms with Gasteiger partial charge in [-0.3, -0.25) is 15.0 Å². The quantitative estimate of drug-likeness (QED) is 0.107. The summed E-state index contributed by atoms with van der Waals surface area (Å²) in [6.07, 6.45) is -9.62. The molecule has 16 heteroatoms. The number of amides is 2. The van der Waals surface area contributed by atoms with Crippen LogP contribution in [0.3, 0.4) is 0 Å². The van der Waals surface area contributed by atoms with Crippen molar-refractivity contribution in [2.75, 3.05) is 36.0 Å². The van der Waals surface area contributed by atoms with E-state index in [1.165, 1.54) is 6.07 Å². The first kappa shape index (κ1) is 43.7. The molecule has 59 heavy (non-hydrogen) atoms. The van der Waals surface area contributed by atoms with Gasteiger partial charge in [-0.25, -0.2) is 9.80 Å². The minimum atomic E-state index is -5.08. The minimum Gasteiger partial charge on any atom is -0.475 e. The average Bonchev–Trinajstić information content (AvgIpc) is 3.23. The smallest absolute Gasteiger partial charge is 0.475 e. The van der Waals surface area contributed by atoms with E-state index in [1.807, 2.05) is 47.5 Å². The average molecular weight is 822 g/mol. The molecule has 1 aliphatic heterocycles. The van der Waals surface area contributed by atoms with Crippen molar-refractivity contribution in [3.05, 3.63) is 144 Å². The first-order valence-corrected chi connectivity index (χ1v) is 18.4. The molecule has 1 heterocycles. The Morgan fingerprint density at radius 2 is 1.36 bits per heavy atom. The van der Waals surface area contributed by atoms with Crippen molar-refractivity contribution in [3.63, 3.8) is 0 Å². The SMILES string of the molecule is NCc1cccc(Oc2ccccc2N(Cc2ccc(-c3cccc(C(F)(F)F)c3)cc2)C(=O)CCC(=O)NN2CCN(c3ccccc3)CC2)c1.O=C(O)C(F)(F)F. The number of para-hydroxylation sites is 3. The number of carbonyl (C=O) groups is 3. The maximum atomic E-state index is 14.0. The zero-order chi connectivity index (χ0) is 42.6. The van der Waals surface area contributed by atoms with Crippen LogP contribution < -0.4 is 25.7 Å². The van der Waals surface area contributed by atoms with Crippen molar-refractivity contribution in [1.82, 2.24) is 10.4 Å². The highest BCUT2D eigenvalue weighted by atomic mass is 19.4. The number of hydrazine groups is 1. The second-order valence-electron chi connectivity index (χ2n) is 13.3. The maximum absolute atomic E-state index is 14.0. The van der Waals surface area contributed by atoms with Gasteiger partial charge in [0.1, 0.15) is 5.75 Å². The molecule has 0 bridgehead atoms. The van der Waals surface area contributed by atoms with Gasteiger partial charge in [-0.2, -0.15) is 26.3 Å². The summed E-state index contributed by atoms with van der Waals surface area (Å²) in [5, 5.41) is 9.01. The molecular weight excluding hydrogens is 780 g/mol. The summed E-state index contributed by atoms with van der Waals surface area (Å²) in [5.74, 6) is -2.31. The molecule has 1 fully saturated rings. The highest BCUT2D eigenvalue weighted by Gasteiger charge is 2.38. The fraction of sp³-hybridized carbons (Fsp3) is 0.233. The van der Waals surface area contributed by atoms with Crippen LogP contribution >= 0.6 is 0 Å². The molecule has 0 atom stereocenters. The molecule has 0 saturated carbocycles. The number of carboxylic acids is 1. The van der Waals surface area contributed by atoms with Crippen molar-refractivity contribution in [1.29, 1.82) is 0 Å². The van der Waals surface area contributed by atoms with Gasteiger partial charge >= 0.3 is 18.3 Å². The number of alkyl halides is 6. The molecule has 5 aromatic rings. The van der Waals surface area contributed by atoms with E-state index in [-0.39, 0.29) is 31.2 Å². The van der Waals surface area contributed by atoms with Gasteiger partial charge < -0.3 is 25.4 Å². The lowest BCUT2D eigenvalue weighted by atomic mass is 10.0. The summed E-state index contributed by atoms with van der Waals surface area (Å²) in [6.45, 7) is 3.28. The Morgan fingerprint density at radius 1 is 0.712 bits per heavy atom. The summed E-state index contributed by atoms with van der Waals surface area (Å²) in [5.41, 5.74) is 12.4. The van der Waals surface area contributed by atoms with E-state index >= 15 is 0 Å². The van der Waals surface area contributed by atoms with Gasteiger partial charge in [0, 0.05) is 51.3 Å². The van der Waals surface area contributed by atoms with Crippen LogP contribution in [0.1, 0.15) is 29.5 Å². The van der Waals surface area contributed by atoms with E-state index in [2.05, 4.69) is 22.5 Å². The Kier molecular flexibility index (Phi) is 14.7. The summed E-state index contributed by atoms with van der Waals surface area (Å²) in [7, 11) is 0. The van der Waals surface area contributed by atoms with Crippen LogP contribution in [0.25, 0.3) is 11.1 Å². The Balaban J connectivity index is 0.000000867. The third kappa shape index (κ3) is 12.8. The maximum Gasteiger partial charge on any atom is 0.490 e. The zero-order valence-electron chi connectivity index (χ0n) is 31.5. The molecule has 0 unspecified atom stereocenters. The van der Waals surface area contributed by atoms with E-state index in [4.69, 9.17) is 20.4 Å². The van der Waals surface area contributed by atoms with E-state index in [9.17, 15) is 35.9 Å². The number of carbonyl (C=O) groups excluding carboxylic acids is 2. The lowest BCUT2D eigenvalue weighted by molar-refractivity contribution is -0.192. The number of halogens is 6. The Labute approximate surface area is 336 Å². The monoisotopic (exact) mass is 821 g/mol. The third-order valence-electron chi connectivity index (χ3n) is 9.13. The number of nitrogens with two attached hydrogens (primary N) is 1. The van der Waals surface area contributed by atoms with Crippen molar-refractivity contribution in [3.8, 4) is 22.6 Å². The zero-order valence-corrected chi connectivity index (χ0v) is 31.5. The van der Waals surface area contributed by atoms with Crippen LogP contribution in [-0.4, -0.2) is 60.3 Å². The third-order valence-corrected chi connectivity index (χ3v) is 9.13. The van der Waals surface area contributed by atoms with Crippen molar-refractivity contribution in [2.45, 2.75) is 38.3 Å². The van der Waals surface area contributed by atoms with Gasteiger partial charge in [0.2, 0.25) is 11.8 Å². The number of nitrogens with one attached hydrogen (secondary N) is 1. The lowest BCUT2D eigenvalue weighted by Crippen LogP contribution is -2.53. The van der Waals surface area contributed by atoms with Gasteiger partial charge in [-0.05, 0) is 70.8 Å². The normalized spacial score (nSPS) is 13.2. The Bertz CT molecular complexity index is 2180. The molecule has 0 aliphatic carbocycles. The predicted molar refractivity (Wildman–Crippen MR) is 210 cm³/mol. The highest BCUT2D eigenvalue weighted by Crippen LogP contribution is 2.35. The van der Waals surface area contributed by atoms with E-state index in [0.29, 0.717) is 47.9 Å². The molecule has 1 saturated heterocycles. The van der Waals surface area contributed by atoms with Crippen LogP contribution in [0.15, 0.2) is 127 Å². The molecule has 0 radical (unpaired) electrons. The second kappa shape index (κ2) is 19.8. The summed E-state index contributed by atoms with van der Waals surface area (Å²) in [6, 6.07) is 36.9. The number of hydrogen-bond donors (Lipinski definition) is 3. The van der Waals surface area contributed by atoms with Crippen molar-refractivity contribution in [2.24, 2.45) is 5.73 Å². The highest BCUT2D eigenvalue weighted by molar-refractivity contribution is 5.96. The molecule has 6 rings (SSSR count). The molecule has 10 nitrogen and oxygen atoms in total. The van der Waals surface area contributed by atoms with Crippen molar-refractivity contribution < 1.29 is 50.6 Å². The predicted octanol–water partition coefficient (Wildman–Crippen LogP) is 8.42. The minimum absolute atomic E-state index is 0.0235. The van der Waals surface area contributed by atoms with Gasteiger partial charge in [0.25, 0.3) is 0 Å². The van der Waals surface area contributed by atoms with Gasteiger partial charge in [-0.1, -0.05) is 78.9 Å². The molecule has 0 aromatic heterocycles. The number of ether oxygens (including phenoxy) is 1. The molecule has 0 spiro atoms. The van der Waals surface area contributed by atoms with Crippen molar-refractivity contribution >= 4 is 29.2 Å². The molecule has 2 amide bonds. The molecular formula is C43H41F6N5O5. The number of hydrogen-bond acceptors (Lipinski definition) is 7. The number of aliphatic carboxylic acids is 1. The number of rotatable bonds is 12. The summed E-state index contributed by atoms with van der Waals surface area (Å²) >= 11 is 0. The fourth-order valence-corrected chi connectivity index (χ4v) is 6.10. The Morgan fingerprint density at radius 3 is 2.00 bits per heavy atom. The van der Waals surface area contributed by atoms with Crippen LogP contribution in [0.4, 0.5) is 37.7 Å². The lowest BCUT2D eigenvalue weighted by Gasteiger charge is -2.36. The second-order valence-corrected chi connectivity index (χ2v) is 13.3. The molecule has 5 aromatic carbocycles. The standard InChI is InChI=1S/C41H40F3N5O3.C2HF3O2/c42-41(43,44)34-10-7-9-33(27-34)32-18-16-30(17-19-32)29-49(37-14-4-5-15-38(37)52-36-13-6-8-31(26-36)28-45)40(51)21-20-39(50)46-48-24-22-47(23-25-48)35-11-2-1-3-12-35;3-2(4,5)1(6)7/h1-19,26-27H,20-25,28-29,45H2,(H,46,50);(H,6,7). The summed E-state index contributed by atoms with van der Waals surface area (Å²) in [4.78, 5) is 39.8. The number of carboxylic acid groups (broad SMARTS) is 1. The number of benzene rings is 5. The first-order chi connectivity index (χ1) is 28.1. The molecule has 310 valence electrons. The fourth-order valence-electron chi connectivity index (χ4n) is 6.10. The van der Waals surface area contributed by atoms with E-state index in [1.54, 1.807) is 59.5 Å². The van der Waals surface area contributed by atoms with E-state index in [0.717, 1.165) is 42.0 Å². The van der Waals surface area contributed by atoms with Crippen LogP contribution in [0, 0.1) is 0 Å². The first-order valence-electron chi connectivity index (χ1n) is 18.4. The molecule has 4 N–H and O–H groups in total. The number of piperazine rings is 1.